The van der Waals surface area contributed by atoms with Crippen LogP contribution in [0.4, 0.5) is 4.79 Å². The molecule has 2 aromatic heterocycles. The molecular formula is C12H14ClN3O2S. The van der Waals surface area contributed by atoms with E-state index in [2.05, 4.69) is 15.8 Å². The largest absolute Gasteiger partial charge is 0.359 e. The van der Waals surface area contributed by atoms with Gasteiger partial charge in [0, 0.05) is 10.9 Å². The lowest BCUT2D eigenvalue weighted by molar-refractivity contribution is 0.236. The zero-order valence-electron chi connectivity index (χ0n) is 10.6. The molecule has 2 N–H and O–H groups in total. The van der Waals surface area contributed by atoms with Gasteiger partial charge in [-0.1, -0.05) is 16.8 Å². The Hall–Kier alpha value is -1.53. The summed E-state index contributed by atoms with van der Waals surface area (Å²) in [6, 6.07) is 5.15. The van der Waals surface area contributed by atoms with Crippen molar-refractivity contribution in [3.63, 3.8) is 0 Å². The highest BCUT2D eigenvalue weighted by atomic mass is 35.5. The molecule has 2 aromatic rings. The molecule has 5 nitrogen and oxygen atoms in total. The van der Waals surface area contributed by atoms with E-state index in [9.17, 15) is 4.79 Å². The third kappa shape index (κ3) is 3.97. The van der Waals surface area contributed by atoms with E-state index >= 15 is 0 Å². The number of carbonyl (C=O) groups excluding carboxylic acids is 1. The number of carbonyl (C=O) groups is 1. The zero-order valence-corrected chi connectivity index (χ0v) is 12.1. The minimum absolute atomic E-state index is 0.0889. The number of aryl methyl sites for hydroxylation is 1. The van der Waals surface area contributed by atoms with Crippen molar-refractivity contribution in [2.24, 2.45) is 0 Å². The molecule has 19 heavy (non-hydrogen) atoms. The number of thiophene rings is 1. The summed E-state index contributed by atoms with van der Waals surface area (Å²) in [5.41, 5.74) is 0.791. The number of nitrogens with one attached hydrogen (secondary N) is 2. The Labute approximate surface area is 119 Å². The average molecular weight is 300 g/mol. The Morgan fingerprint density at radius 1 is 1.58 bits per heavy atom. The summed E-state index contributed by atoms with van der Waals surface area (Å²) in [7, 11) is 0. The highest BCUT2D eigenvalue weighted by molar-refractivity contribution is 7.16. The molecule has 2 amide bonds. The summed E-state index contributed by atoms with van der Waals surface area (Å²) in [4.78, 5) is 12.7. The average Bonchev–Trinajstić information content (AvgIpc) is 2.95. The first-order valence-electron chi connectivity index (χ1n) is 5.76. The van der Waals surface area contributed by atoms with Crippen molar-refractivity contribution in [2.75, 3.05) is 0 Å². The fourth-order valence-corrected chi connectivity index (χ4v) is 2.61. The van der Waals surface area contributed by atoms with Crippen LogP contribution in [-0.4, -0.2) is 11.2 Å². The highest BCUT2D eigenvalue weighted by Gasteiger charge is 2.11. The van der Waals surface area contributed by atoms with Crippen LogP contribution in [0.15, 0.2) is 22.7 Å². The number of rotatable bonds is 4. The van der Waals surface area contributed by atoms with Gasteiger partial charge in [-0.25, -0.2) is 4.79 Å². The van der Waals surface area contributed by atoms with Gasteiger partial charge in [-0.3, -0.25) is 0 Å². The molecule has 1 atom stereocenters. The number of hydrogen-bond donors (Lipinski definition) is 2. The van der Waals surface area contributed by atoms with Crippen LogP contribution in [0, 0.1) is 6.92 Å². The SMILES string of the molecule is Cc1cc(CNC(=O)NC(C)c2ccc(Cl)s2)on1. The zero-order chi connectivity index (χ0) is 13.8. The van der Waals surface area contributed by atoms with E-state index in [0.29, 0.717) is 16.6 Å². The molecule has 0 aliphatic heterocycles. The molecule has 102 valence electrons. The Balaban J connectivity index is 1.81. The molecule has 1 unspecified atom stereocenters. The van der Waals surface area contributed by atoms with E-state index < -0.39 is 0 Å². The molecule has 0 fully saturated rings. The smallest absolute Gasteiger partial charge is 0.315 e. The molecule has 0 aromatic carbocycles. The van der Waals surface area contributed by atoms with Gasteiger partial charge in [0.2, 0.25) is 0 Å². The lowest BCUT2D eigenvalue weighted by Gasteiger charge is -2.12. The number of nitrogens with zero attached hydrogens (tertiary/aromatic N) is 1. The predicted octanol–water partition coefficient (Wildman–Crippen LogP) is 3.26. The maximum absolute atomic E-state index is 11.7. The second kappa shape index (κ2) is 6.08. The molecule has 0 spiro atoms. The third-order valence-electron chi connectivity index (χ3n) is 2.47. The minimum atomic E-state index is -0.258. The molecule has 0 bridgehead atoms. The van der Waals surface area contributed by atoms with E-state index in [4.69, 9.17) is 16.1 Å². The van der Waals surface area contributed by atoms with Gasteiger partial charge < -0.3 is 15.2 Å². The van der Waals surface area contributed by atoms with Crippen molar-refractivity contribution in [1.82, 2.24) is 15.8 Å². The monoisotopic (exact) mass is 299 g/mol. The van der Waals surface area contributed by atoms with Crippen LogP contribution in [0.3, 0.4) is 0 Å². The van der Waals surface area contributed by atoms with Crippen LogP contribution in [-0.2, 0) is 6.54 Å². The van der Waals surface area contributed by atoms with Crippen LogP contribution in [0.1, 0.15) is 29.3 Å². The van der Waals surface area contributed by atoms with Crippen LogP contribution < -0.4 is 10.6 Å². The van der Waals surface area contributed by atoms with Gasteiger partial charge in [0.15, 0.2) is 5.76 Å². The van der Waals surface area contributed by atoms with E-state index in [1.165, 1.54) is 11.3 Å². The molecule has 2 rings (SSSR count). The molecule has 7 heteroatoms. The summed E-state index contributed by atoms with van der Waals surface area (Å²) in [5, 5.41) is 9.28. The van der Waals surface area contributed by atoms with Gasteiger partial charge in [-0.15, -0.1) is 11.3 Å². The van der Waals surface area contributed by atoms with E-state index in [-0.39, 0.29) is 12.1 Å². The first-order valence-corrected chi connectivity index (χ1v) is 6.96. The second-order valence-corrected chi connectivity index (χ2v) is 5.87. The maximum Gasteiger partial charge on any atom is 0.315 e. The quantitative estimate of drug-likeness (QED) is 0.910. The van der Waals surface area contributed by atoms with Crippen LogP contribution in [0.2, 0.25) is 4.34 Å². The van der Waals surface area contributed by atoms with Gasteiger partial charge in [-0.2, -0.15) is 0 Å². The number of hydrogen-bond acceptors (Lipinski definition) is 4. The van der Waals surface area contributed by atoms with E-state index in [1.807, 2.05) is 26.0 Å². The molecule has 0 aliphatic carbocycles. The van der Waals surface area contributed by atoms with Crippen molar-refractivity contribution in [1.29, 1.82) is 0 Å². The Morgan fingerprint density at radius 3 is 2.95 bits per heavy atom. The predicted molar refractivity (Wildman–Crippen MR) is 74.4 cm³/mol. The molecule has 0 saturated carbocycles. The van der Waals surface area contributed by atoms with Gasteiger partial charge >= 0.3 is 6.03 Å². The molecular weight excluding hydrogens is 286 g/mol. The van der Waals surface area contributed by atoms with Crippen molar-refractivity contribution in [2.45, 2.75) is 26.4 Å². The summed E-state index contributed by atoms with van der Waals surface area (Å²) >= 11 is 7.31. The normalized spacial score (nSPS) is 12.2. The lowest BCUT2D eigenvalue weighted by atomic mass is 10.3. The van der Waals surface area contributed by atoms with Crippen LogP contribution in [0.25, 0.3) is 0 Å². The second-order valence-electron chi connectivity index (χ2n) is 4.13. The fourth-order valence-electron chi connectivity index (χ4n) is 1.55. The summed E-state index contributed by atoms with van der Waals surface area (Å²) in [5.74, 6) is 0.625. The number of amides is 2. The van der Waals surface area contributed by atoms with Crippen molar-refractivity contribution < 1.29 is 9.32 Å². The summed E-state index contributed by atoms with van der Waals surface area (Å²) in [6.07, 6.45) is 0. The number of urea groups is 1. The summed E-state index contributed by atoms with van der Waals surface area (Å²) < 4.78 is 5.71. The van der Waals surface area contributed by atoms with E-state index in [1.54, 1.807) is 6.07 Å². The molecule has 0 saturated heterocycles. The van der Waals surface area contributed by atoms with Crippen molar-refractivity contribution in [3.8, 4) is 0 Å². The fraction of sp³-hybridized carbons (Fsp3) is 0.333. The maximum atomic E-state index is 11.7. The number of aromatic nitrogens is 1. The Morgan fingerprint density at radius 2 is 2.37 bits per heavy atom. The standard InChI is InChI=1S/C12H14ClN3O2S/c1-7-5-9(18-16-7)6-14-12(17)15-8(2)10-3-4-11(13)19-10/h3-5,8H,6H2,1-2H3,(H2,14,15,17). The number of halogens is 1. The van der Waals surface area contributed by atoms with Crippen molar-refractivity contribution in [3.05, 3.63) is 38.9 Å². The van der Waals surface area contributed by atoms with Gasteiger partial charge in [0.25, 0.3) is 0 Å². The topological polar surface area (TPSA) is 67.2 Å². The first-order chi connectivity index (χ1) is 9.04. The van der Waals surface area contributed by atoms with Gasteiger partial charge in [-0.05, 0) is 26.0 Å². The van der Waals surface area contributed by atoms with Crippen LogP contribution >= 0.6 is 22.9 Å². The molecule has 0 aliphatic rings. The highest BCUT2D eigenvalue weighted by Crippen LogP contribution is 2.26. The molecule has 2 heterocycles. The molecule has 0 radical (unpaired) electrons. The van der Waals surface area contributed by atoms with Gasteiger partial charge in [0.1, 0.15) is 0 Å². The Bertz CT molecular complexity index is 567. The van der Waals surface area contributed by atoms with E-state index in [0.717, 1.165) is 10.6 Å². The third-order valence-corrected chi connectivity index (χ3v) is 3.88. The van der Waals surface area contributed by atoms with Crippen LogP contribution in [0.5, 0.6) is 0 Å². The first kappa shape index (κ1) is 13.9. The van der Waals surface area contributed by atoms with Gasteiger partial charge in [0.05, 0.1) is 22.6 Å². The minimum Gasteiger partial charge on any atom is -0.359 e. The Kier molecular flexibility index (Phi) is 4.44. The van der Waals surface area contributed by atoms with Crippen molar-refractivity contribution >= 4 is 29.0 Å². The summed E-state index contributed by atoms with van der Waals surface area (Å²) in [6.45, 7) is 4.04. The lowest BCUT2D eigenvalue weighted by Crippen LogP contribution is -2.36.